The lowest BCUT2D eigenvalue weighted by Gasteiger charge is -2.36. The monoisotopic (exact) mass is 405 g/mol. The Bertz CT molecular complexity index is 581. The van der Waals surface area contributed by atoms with Crippen LogP contribution in [0.5, 0.6) is 0 Å². The maximum Gasteiger partial charge on any atom is 0.317 e. The Labute approximate surface area is 135 Å². The lowest BCUT2D eigenvalue weighted by molar-refractivity contribution is 0.0617. The minimum absolute atomic E-state index is 0.0256. The smallest absolute Gasteiger partial charge is 0.317 e. The maximum atomic E-state index is 12.5. The van der Waals surface area contributed by atoms with Gasteiger partial charge in [-0.3, -0.25) is 4.79 Å². The molecule has 1 atom stereocenters. The molecular weight excluding hydrogens is 393 g/mol. The summed E-state index contributed by atoms with van der Waals surface area (Å²) in [7, 11) is 0. The number of carbonyl (C=O) groups excluding carboxylic acids is 2. The molecule has 2 saturated heterocycles. The Morgan fingerprint density at radius 3 is 2.95 bits per heavy atom. The summed E-state index contributed by atoms with van der Waals surface area (Å²) in [6, 6.07) is 5.39. The average molecular weight is 406 g/mol. The molecule has 0 saturated carbocycles. The molecule has 2 fully saturated rings. The van der Waals surface area contributed by atoms with Crippen molar-refractivity contribution >= 4 is 46.1 Å². The minimum atomic E-state index is -0.0283. The van der Waals surface area contributed by atoms with Gasteiger partial charge in [0.15, 0.2) is 0 Å². The number of urea groups is 1. The number of rotatable bonds is 1. The van der Waals surface area contributed by atoms with E-state index in [2.05, 4.69) is 27.9 Å². The molecule has 1 aromatic rings. The second-order valence-corrected chi connectivity index (χ2v) is 6.48. The SMILES string of the molecule is O=C(c1ccc(I)c(Cl)c1)N1CCN2C(=O)NCC2C1. The zero-order valence-corrected chi connectivity index (χ0v) is 13.5. The van der Waals surface area contributed by atoms with Crippen LogP contribution in [0.3, 0.4) is 0 Å². The van der Waals surface area contributed by atoms with Crippen LogP contribution in [0.1, 0.15) is 10.4 Å². The number of carbonyl (C=O) groups is 2. The number of fused-ring (bicyclic) bond motifs is 1. The number of nitrogens with zero attached hydrogens (tertiary/aromatic N) is 2. The number of benzene rings is 1. The molecule has 2 aliphatic rings. The van der Waals surface area contributed by atoms with Crippen molar-refractivity contribution in [3.63, 3.8) is 0 Å². The van der Waals surface area contributed by atoms with Gasteiger partial charge in [0, 0.05) is 35.3 Å². The number of nitrogens with one attached hydrogen (secondary N) is 1. The van der Waals surface area contributed by atoms with Crippen LogP contribution < -0.4 is 5.32 Å². The van der Waals surface area contributed by atoms with E-state index < -0.39 is 0 Å². The van der Waals surface area contributed by atoms with E-state index in [-0.39, 0.29) is 18.0 Å². The molecule has 7 heteroatoms. The molecule has 0 bridgehead atoms. The molecule has 0 spiro atoms. The molecule has 20 heavy (non-hydrogen) atoms. The van der Waals surface area contributed by atoms with E-state index in [0.29, 0.717) is 36.8 Å². The summed E-state index contributed by atoms with van der Waals surface area (Å²) in [5.74, 6) is -0.0256. The van der Waals surface area contributed by atoms with Gasteiger partial charge in [0.05, 0.1) is 11.1 Å². The van der Waals surface area contributed by atoms with Gasteiger partial charge in [-0.2, -0.15) is 0 Å². The summed E-state index contributed by atoms with van der Waals surface area (Å²) in [6.45, 7) is 2.32. The minimum Gasteiger partial charge on any atom is -0.336 e. The second kappa shape index (κ2) is 5.40. The van der Waals surface area contributed by atoms with Crippen LogP contribution in [0.4, 0.5) is 4.79 Å². The number of amides is 3. The van der Waals surface area contributed by atoms with Crippen LogP contribution in [0, 0.1) is 3.57 Å². The van der Waals surface area contributed by atoms with Crippen molar-refractivity contribution in [1.29, 1.82) is 0 Å². The number of hydrogen-bond donors (Lipinski definition) is 1. The van der Waals surface area contributed by atoms with Gasteiger partial charge >= 0.3 is 6.03 Å². The Morgan fingerprint density at radius 1 is 1.40 bits per heavy atom. The maximum absolute atomic E-state index is 12.5. The normalized spacial score (nSPS) is 21.7. The van der Waals surface area contributed by atoms with Crippen molar-refractivity contribution in [2.75, 3.05) is 26.2 Å². The molecule has 0 aromatic heterocycles. The highest BCUT2D eigenvalue weighted by atomic mass is 127. The Kier molecular flexibility index (Phi) is 3.76. The molecule has 2 aliphatic heterocycles. The van der Waals surface area contributed by atoms with Gasteiger partial charge in [-0.1, -0.05) is 11.6 Å². The first kappa shape index (κ1) is 13.9. The largest absolute Gasteiger partial charge is 0.336 e. The molecule has 1 N–H and O–H groups in total. The summed E-state index contributed by atoms with van der Waals surface area (Å²) >= 11 is 8.20. The van der Waals surface area contributed by atoms with Gasteiger partial charge in [0.1, 0.15) is 0 Å². The molecule has 3 amide bonds. The van der Waals surface area contributed by atoms with Gasteiger partial charge in [-0.05, 0) is 40.8 Å². The summed E-state index contributed by atoms with van der Waals surface area (Å²) < 4.78 is 0.927. The topological polar surface area (TPSA) is 52.7 Å². The molecule has 5 nitrogen and oxygen atoms in total. The van der Waals surface area contributed by atoms with Crippen LogP contribution in [0.15, 0.2) is 18.2 Å². The third-order valence-electron chi connectivity index (χ3n) is 3.69. The van der Waals surface area contributed by atoms with Crippen LogP contribution in [-0.2, 0) is 0 Å². The summed E-state index contributed by atoms with van der Waals surface area (Å²) in [4.78, 5) is 27.6. The number of piperazine rings is 1. The highest BCUT2D eigenvalue weighted by molar-refractivity contribution is 14.1. The third kappa shape index (κ3) is 2.46. The van der Waals surface area contributed by atoms with E-state index >= 15 is 0 Å². The fourth-order valence-corrected chi connectivity index (χ4v) is 3.12. The van der Waals surface area contributed by atoms with Crippen LogP contribution in [0.25, 0.3) is 0 Å². The van der Waals surface area contributed by atoms with Crippen molar-refractivity contribution in [3.8, 4) is 0 Å². The van der Waals surface area contributed by atoms with Crippen molar-refractivity contribution < 1.29 is 9.59 Å². The van der Waals surface area contributed by atoms with E-state index in [1.54, 1.807) is 21.9 Å². The Balaban J connectivity index is 1.75. The average Bonchev–Trinajstić information content (AvgIpc) is 2.82. The number of hydrogen-bond acceptors (Lipinski definition) is 2. The van der Waals surface area contributed by atoms with E-state index in [0.717, 1.165) is 3.57 Å². The van der Waals surface area contributed by atoms with Crippen molar-refractivity contribution in [2.24, 2.45) is 0 Å². The van der Waals surface area contributed by atoms with Crippen molar-refractivity contribution in [3.05, 3.63) is 32.4 Å². The van der Waals surface area contributed by atoms with Crippen LogP contribution in [-0.4, -0.2) is 54.0 Å². The van der Waals surface area contributed by atoms with Crippen LogP contribution >= 0.6 is 34.2 Å². The lowest BCUT2D eigenvalue weighted by atomic mass is 10.1. The fraction of sp³-hybridized carbons (Fsp3) is 0.385. The molecule has 2 heterocycles. The highest BCUT2D eigenvalue weighted by Crippen LogP contribution is 2.22. The molecular formula is C13H13ClIN3O2. The Morgan fingerprint density at radius 2 is 2.20 bits per heavy atom. The summed E-state index contributed by atoms with van der Waals surface area (Å²) in [5, 5.41) is 3.39. The number of halogens is 2. The predicted molar refractivity (Wildman–Crippen MR) is 84.0 cm³/mol. The second-order valence-electron chi connectivity index (χ2n) is 4.91. The molecule has 106 valence electrons. The zero-order chi connectivity index (χ0) is 14.3. The van der Waals surface area contributed by atoms with Gasteiger partial charge in [-0.15, -0.1) is 0 Å². The first-order chi connectivity index (χ1) is 9.56. The van der Waals surface area contributed by atoms with E-state index in [9.17, 15) is 9.59 Å². The molecule has 3 rings (SSSR count). The first-order valence-electron chi connectivity index (χ1n) is 6.35. The first-order valence-corrected chi connectivity index (χ1v) is 7.81. The standard InChI is InChI=1S/C13H13ClIN3O2/c14-10-5-8(1-2-11(10)15)12(19)17-3-4-18-9(7-17)6-16-13(18)20/h1-2,5,9H,3-4,6-7H2,(H,16,20). The van der Waals surface area contributed by atoms with E-state index in [1.165, 1.54) is 0 Å². The van der Waals surface area contributed by atoms with Crippen molar-refractivity contribution in [1.82, 2.24) is 15.1 Å². The molecule has 1 unspecified atom stereocenters. The van der Waals surface area contributed by atoms with E-state index in [1.807, 2.05) is 6.07 Å². The fourth-order valence-electron chi connectivity index (χ4n) is 2.60. The predicted octanol–water partition coefficient (Wildman–Crippen LogP) is 1.79. The van der Waals surface area contributed by atoms with Gasteiger partial charge < -0.3 is 15.1 Å². The highest BCUT2D eigenvalue weighted by Gasteiger charge is 2.37. The summed E-state index contributed by atoms with van der Waals surface area (Å²) in [5.41, 5.74) is 0.598. The third-order valence-corrected chi connectivity index (χ3v) is 5.26. The molecule has 0 radical (unpaired) electrons. The Hall–Kier alpha value is -1.02. The van der Waals surface area contributed by atoms with Gasteiger partial charge in [-0.25, -0.2) is 4.79 Å². The molecule has 1 aromatic carbocycles. The quantitative estimate of drug-likeness (QED) is 0.725. The van der Waals surface area contributed by atoms with Crippen LogP contribution in [0.2, 0.25) is 5.02 Å². The van der Waals surface area contributed by atoms with Crippen molar-refractivity contribution in [2.45, 2.75) is 6.04 Å². The zero-order valence-electron chi connectivity index (χ0n) is 10.6. The lowest BCUT2D eigenvalue weighted by Crippen LogP contribution is -2.53. The van der Waals surface area contributed by atoms with Gasteiger partial charge in [0.25, 0.3) is 5.91 Å². The van der Waals surface area contributed by atoms with E-state index in [4.69, 9.17) is 11.6 Å². The summed E-state index contributed by atoms with van der Waals surface area (Å²) in [6.07, 6.45) is 0. The van der Waals surface area contributed by atoms with Gasteiger partial charge in [0.2, 0.25) is 0 Å². The molecule has 0 aliphatic carbocycles.